The van der Waals surface area contributed by atoms with Gasteiger partial charge in [0.1, 0.15) is 0 Å². The van der Waals surface area contributed by atoms with E-state index in [1.807, 2.05) is 0 Å². The van der Waals surface area contributed by atoms with Gasteiger partial charge in [0.05, 0.1) is 18.2 Å². The van der Waals surface area contributed by atoms with Crippen molar-refractivity contribution in [3.05, 3.63) is 0 Å². The van der Waals surface area contributed by atoms with Crippen molar-refractivity contribution in [3.8, 4) is 12.3 Å². The molecule has 4 N–H and O–H groups in total. The van der Waals surface area contributed by atoms with E-state index < -0.39 is 12.1 Å². The van der Waals surface area contributed by atoms with Crippen molar-refractivity contribution >= 4 is 5.91 Å². The highest BCUT2D eigenvalue weighted by Crippen LogP contribution is 2.28. The molecule has 132 valence electrons. The van der Waals surface area contributed by atoms with E-state index in [-0.39, 0.29) is 18.4 Å². The van der Waals surface area contributed by atoms with Gasteiger partial charge >= 0.3 is 0 Å². The number of carbonyl (C=O) groups excluding carboxylic acids is 1. The van der Waals surface area contributed by atoms with E-state index in [9.17, 15) is 9.90 Å². The van der Waals surface area contributed by atoms with Gasteiger partial charge in [0.15, 0.2) is 0 Å². The highest BCUT2D eigenvalue weighted by molar-refractivity contribution is 5.82. The minimum Gasteiger partial charge on any atom is -0.391 e. The van der Waals surface area contributed by atoms with Gasteiger partial charge in [-0.1, -0.05) is 46.0 Å². The number of amides is 1. The van der Waals surface area contributed by atoms with Gasteiger partial charge < -0.3 is 16.2 Å². The molecule has 4 nitrogen and oxygen atoms in total. The van der Waals surface area contributed by atoms with E-state index in [0.29, 0.717) is 18.3 Å². The second-order valence-electron chi connectivity index (χ2n) is 7.41. The second-order valence-corrected chi connectivity index (χ2v) is 7.41. The topological polar surface area (TPSA) is 75.4 Å². The number of nitrogens with two attached hydrogens (primary N) is 1. The normalized spacial score (nSPS) is 19.8. The molecule has 23 heavy (non-hydrogen) atoms. The minimum atomic E-state index is -0.689. The fourth-order valence-corrected chi connectivity index (χ4v) is 3.31. The first-order chi connectivity index (χ1) is 10.9. The molecule has 3 atom stereocenters. The van der Waals surface area contributed by atoms with E-state index in [1.54, 1.807) is 0 Å². The lowest BCUT2D eigenvalue weighted by atomic mass is 9.83. The molecule has 1 saturated carbocycles. The number of terminal acetylenes is 1. The molecule has 0 heterocycles. The van der Waals surface area contributed by atoms with Crippen molar-refractivity contribution in [3.63, 3.8) is 0 Å². The van der Waals surface area contributed by atoms with Crippen LogP contribution in [0.15, 0.2) is 0 Å². The molecule has 0 saturated heterocycles. The van der Waals surface area contributed by atoms with Crippen LogP contribution in [0.1, 0.15) is 71.6 Å². The largest absolute Gasteiger partial charge is 0.391 e. The number of aliphatic hydroxyl groups is 1. The Morgan fingerprint density at radius 1 is 1.30 bits per heavy atom. The number of nitrogens with one attached hydrogen (secondary N) is 1. The molecule has 0 aromatic rings. The maximum Gasteiger partial charge on any atom is 0.238 e. The molecule has 0 radical (unpaired) electrons. The Bertz CT molecular complexity index is 383. The van der Waals surface area contributed by atoms with Crippen molar-refractivity contribution < 1.29 is 9.90 Å². The second kappa shape index (κ2) is 10.7. The fourth-order valence-electron chi connectivity index (χ4n) is 3.31. The van der Waals surface area contributed by atoms with Gasteiger partial charge in [-0.25, -0.2) is 0 Å². The summed E-state index contributed by atoms with van der Waals surface area (Å²) in [4.78, 5) is 12.2. The summed E-state index contributed by atoms with van der Waals surface area (Å²) < 4.78 is 0. The average molecular weight is 322 g/mol. The molecule has 0 spiro atoms. The van der Waals surface area contributed by atoms with Crippen LogP contribution < -0.4 is 11.1 Å². The Hall–Kier alpha value is -1.05. The van der Waals surface area contributed by atoms with Crippen LogP contribution in [-0.4, -0.2) is 29.2 Å². The molecule has 1 amide bonds. The minimum absolute atomic E-state index is 0.215. The third-order valence-electron chi connectivity index (χ3n) is 4.82. The summed E-state index contributed by atoms with van der Waals surface area (Å²) >= 11 is 0. The fraction of sp³-hybridized carbons (Fsp3) is 0.842. The lowest BCUT2D eigenvalue weighted by Gasteiger charge is -2.31. The van der Waals surface area contributed by atoms with Gasteiger partial charge in [0, 0.05) is 6.42 Å². The zero-order valence-electron chi connectivity index (χ0n) is 14.8. The summed E-state index contributed by atoms with van der Waals surface area (Å²) in [6, 6.07) is -0.903. The van der Waals surface area contributed by atoms with Crippen molar-refractivity contribution in [1.82, 2.24) is 5.32 Å². The highest BCUT2D eigenvalue weighted by atomic mass is 16.3. The summed E-state index contributed by atoms with van der Waals surface area (Å²) in [6.07, 6.45) is 13.6. The summed E-state index contributed by atoms with van der Waals surface area (Å²) in [6.45, 7) is 4.29. The van der Waals surface area contributed by atoms with Crippen LogP contribution in [0.2, 0.25) is 0 Å². The zero-order chi connectivity index (χ0) is 17.2. The molecule has 1 aliphatic rings. The van der Waals surface area contributed by atoms with E-state index in [4.69, 9.17) is 12.2 Å². The molecule has 1 fully saturated rings. The van der Waals surface area contributed by atoms with Gasteiger partial charge in [-0.2, -0.15) is 0 Å². The summed E-state index contributed by atoms with van der Waals surface area (Å²) in [5, 5.41) is 13.5. The average Bonchev–Trinajstić information content (AvgIpc) is 2.53. The van der Waals surface area contributed by atoms with Gasteiger partial charge in [-0.3, -0.25) is 4.79 Å². The van der Waals surface area contributed by atoms with Gasteiger partial charge in [-0.05, 0) is 31.1 Å². The molecule has 4 heteroatoms. The maximum absolute atomic E-state index is 12.2. The number of carbonyl (C=O) groups is 1. The molecule has 0 aromatic heterocycles. The summed E-state index contributed by atoms with van der Waals surface area (Å²) in [7, 11) is 0. The van der Waals surface area contributed by atoms with E-state index >= 15 is 0 Å². The monoisotopic (exact) mass is 322 g/mol. The Morgan fingerprint density at radius 3 is 2.52 bits per heavy atom. The molecule has 0 aromatic carbocycles. The van der Waals surface area contributed by atoms with Crippen LogP contribution in [-0.2, 0) is 4.79 Å². The molecular weight excluding hydrogens is 288 g/mol. The maximum atomic E-state index is 12.2. The standard InChI is InChI=1S/C19H34N2O2/c1-4-8-16(20)19(23)21-17(18(22)12-11-14(2)3)13-15-9-6-5-7-10-15/h1,14-18,22H,5-13,20H2,2-3H3,(H,21,23)/t16-,17?,18-/m0/s1. The van der Waals surface area contributed by atoms with Gasteiger partial charge in [0.25, 0.3) is 0 Å². The van der Waals surface area contributed by atoms with Crippen LogP contribution in [0.25, 0.3) is 0 Å². The first kappa shape index (κ1) is 20.0. The van der Waals surface area contributed by atoms with Crippen molar-refractivity contribution in [2.24, 2.45) is 17.6 Å². The molecule has 0 aliphatic heterocycles. The lowest BCUT2D eigenvalue weighted by molar-refractivity contribution is -0.124. The molecule has 0 bridgehead atoms. The Balaban J connectivity index is 2.62. The van der Waals surface area contributed by atoms with E-state index in [2.05, 4.69) is 25.1 Å². The van der Waals surface area contributed by atoms with Crippen molar-refractivity contribution in [2.75, 3.05) is 0 Å². The van der Waals surface area contributed by atoms with E-state index in [0.717, 1.165) is 12.8 Å². The summed E-state index contributed by atoms with van der Waals surface area (Å²) in [5.74, 6) is 3.31. The van der Waals surface area contributed by atoms with Crippen LogP contribution >= 0.6 is 0 Å². The van der Waals surface area contributed by atoms with Crippen molar-refractivity contribution in [1.29, 1.82) is 0 Å². The lowest BCUT2D eigenvalue weighted by Crippen LogP contribution is -2.50. The molecule has 1 rings (SSSR count). The van der Waals surface area contributed by atoms with Gasteiger partial charge in [-0.15, -0.1) is 12.3 Å². The van der Waals surface area contributed by atoms with Crippen LogP contribution in [0, 0.1) is 24.2 Å². The van der Waals surface area contributed by atoms with Gasteiger partial charge in [0.2, 0.25) is 5.91 Å². The third-order valence-corrected chi connectivity index (χ3v) is 4.82. The quantitative estimate of drug-likeness (QED) is 0.571. The first-order valence-corrected chi connectivity index (χ1v) is 9.11. The molecule has 1 unspecified atom stereocenters. The molecular formula is C19H34N2O2. The predicted molar refractivity (Wildman–Crippen MR) is 94.6 cm³/mol. The third kappa shape index (κ3) is 7.85. The number of hydrogen-bond donors (Lipinski definition) is 3. The predicted octanol–water partition coefficient (Wildman–Crippen LogP) is 2.59. The van der Waals surface area contributed by atoms with E-state index in [1.165, 1.54) is 32.1 Å². The Labute approximate surface area is 141 Å². The van der Waals surface area contributed by atoms with Crippen LogP contribution in [0.3, 0.4) is 0 Å². The highest BCUT2D eigenvalue weighted by Gasteiger charge is 2.27. The van der Waals surface area contributed by atoms with Crippen molar-refractivity contribution in [2.45, 2.75) is 89.8 Å². The Morgan fingerprint density at radius 2 is 1.96 bits per heavy atom. The number of aliphatic hydroxyl groups excluding tert-OH is 1. The van der Waals surface area contributed by atoms with Crippen LogP contribution in [0.4, 0.5) is 0 Å². The smallest absolute Gasteiger partial charge is 0.238 e. The SMILES string of the molecule is C#CC[C@H](N)C(=O)NC(CC1CCCCC1)[C@@H](O)CCC(C)C. The first-order valence-electron chi connectivity index (χ1n) is 9.11. The zero-order valence-corrected chi connectivity index (χ0v) is 14.8. The number of hydrogen-bond acceptors (Lipinski definition) is 3. The molecule has 1 aliphatic carbocycles. The summed E-state index contributed by atoms with van der Waals surface area (Å²) in [5.41, 5.74) is 5.80. The number of rotatable bonds is 9. The van der Waals surface area contributed by atoms with Crippen LogP contribution in [0.5, 0.6) is 0 Å². The Kier molecular flexibility index (Phi) is 9.28.